The average Bonchev–Trinajstić information content (AvgIpc) is 3.72. The van der Waals surface area contributed by atoms with E-state index in [0.717, 1.165) is 39.2 Å². The summed E-state index contributed by atoms with van der Waals surface area (Å²) in [6.07, 6.45) is 3.80. The minimum absolute atomic E-state index is 0.0437. The number of pyridine rings is 1. The summed E-state index contributed by atoms with van der Waals surface area (Å²) in [6, 6.07) is 24.9. The average molecular weight is 608 g/mol. The fourth-order valence-corrected chi connectivity index (χ4v) is 6.83. The van der Waals surface area contributed by atoms with Gasteiger partial charge in [-0.1, -0.05) is 30.9 Å². The van der Waals surface area contributed by atoms with Gasteiger partial charge in [0, 0.05) is 42.5 Å². The normalized spacial score (nSPS) is 24.5. The van der Waals surface area contributed by atoms with Gasteiger partial charge in [0.25, 0.3) is 0 Å². The Morgan fingerprint density at radius 2 is 1.89 bits per heavy atom. The van der Waals surface area contributed by atoms with Crippen molar-refractivity contribution in [2.24, 2.45) is 5.73 Å². The molecule has 0 aliphatic carbocycles. The number of phenols is 1. The third-order valence-electron chi connectivity index (χ3n) is 8.90. The van der Waals surface area contributed by atoms with Crippen LogP contribution in [0.1, 0.15) is 25.3 Å². The molecular formula is C35H37N5O3S. The quantitative estimate of drug-likeness (QED) is 0.108. The van der Waals surface area contributed by atoms with E-state index in [1.165, 1.54) is 6.92 Å². The Kier molecular flexibility index (Phi) is 7.88. The number of hydrogen-bond donors (Lipinski definition) is 4. The number of carbonyl (C=O) groups excluding carboxylic acids is 1. The van der Waals surface area contributed by atoms with Crippen molar-refractivity contribution in [3.63, 3.8) is 0 Å². The van der Waals surface area contributed by atoms with E-state index < -0.39 is 11.1 Å². The third kappa shape index (κ3) is 5.66. The Morgan fingerprint density at radius 3 is 2.57 bits per heavy atom. The highest BCUT2D eigenvalue weighted by atomic mass is 32.1. The van der Waals surface area contributed by atoms with Crippen molar-refractivity contribution in [1.29, 1.82) is 0 Å². The van der Waals surface area contributed by atoms with E-state index in [0.29, 0.717) is 37.4 Å². The number of ether oxygens (including phenoxy) is 1. The zero-order valence-electron chi connectivity index (χ0n) is 24.7. The smallest absolute Gasteiger partial charge is 0.231 e. The number of hydrazine groups is 1. The highest BCUT2D eigenvalue weighted by Crippen LogP contribution is 2.48. The van der Waals surface area contributed by atoms with Crippen LogP contribution in [0, 0.1) is 0 Å². The number of likely N-dealkylation sites (tertiary alicyclic amines) is 1. The van der Waals surface area contributed by atoms with E-state index in [-0.39, 0.29) is 17.7 Å². The lowest BCUT2D eigenvalue weighted by molar-refractivity contribution is -0.122. The van der Waals surface area contributed by atoms with Crippen LogP contribution in [0.15, 0.2) is 103 Å². The Labute approximate surface area is 263 Å². The second-order valence-corrected chi connectivity index (χ2v) is 12.3. The summed E-state index contributed by atoms with van der Waals surface area (Å²) in [5, 5.41) is 13.9. The molecular weight excluding hydrogens is 570 g/mol. The second-order valence-electron chi connectivity index (χ2n) is 11.8. The van der Waals surface area contributed by atoms with Crippen LogP contribution in [-0.4, -0.2) is 56.1 Å². The Morgan fingerprint density at radius 1 is 1.16 bits per heavy atom. The van der Waals surface area contributed by atoms with Crippen LogP contribution >= 0.6 is 12.6 Å². The summed E-state index contributed by atoms with van der Waals surface area (Å²) < 4.78 is 5.99. The van der Waals surface area contributed by atoms with Gasteiger partial charge in [-0.2, -0.15) is 0 Å². The molecule has 6 rings (SSSR count). The lowest BCUT2D eigenvalue weighted by Gasteiger charge is -2.49. The SMILES string of the molecule is C=CC1(C2(N)CCN(C(=C)S)C(Cc3cc(-c4ccc(Oc5ccccc5)cc4)nc4ccc(O)cc34)C2)CN1NC(C)=O. The molecule has 2 aliphatic rings. The lowest BCUT2D eigenvalue weighted by atomic mass is 9.72. The number of nitrogens with one attached hydrogen (secondary N) is 1. The van der Waals surface area contributed by atoms with Crippen molar-refractivity contribution in [2.45, 2.75) is 43.3 Å². The van der Waals surface area contributed by atoms with Crippen molar-refractivity contribution in [1.82, 2.24) is 20.3 Å². The van der Waals surface area contributed by atoms with Gasteiger partial charge in [-0.05, 0) is 85.5 Å². The first kappa shape index (κ1) is 29.7. The number of phenolic OH excluding ortho intramolecular Hbond substituents is 1. The molecule has 4 aromatic rings. The molecule has 2 aliphatic heterocycles. The molecule has 2 saturated heterocycles. The van der Waals surface area contributed by atoms with Gasteiger partial charge in [0.15, 0.2) is 0 Å². The fraction of sp³-hybridized carbons (Fsp3) is 0.257. The van der Waals surface area contributed by atoms with E-state index in [1.807, 2.05) is 71.7 Å². The first-order chi connectivity index (χ1) is 21.1. The third-order valence-corrected chi connectivity index (χ3v) is 9.16. The van der Waals surface area contributed by atoms with E-state index in [9.17, 15) is 9.90 Å². The Hall–Kier alpha value is -4.31. The van der Waals surface area contributed by atoms with Crippen LogP contribution in [0.2, 0.25) is 0 Å². The standard InChI is InChI=1S/C35H37N5O3S/c1-4-35(22-40(35)38-23(2)41)34(36)16-17-39(24(3)44)27(21-34)18-26-19-33(37-32-15-12-28(42)20-31(26)32)25-10-13-30(14-11-25)43-29-8-6-5-7-9-29/h4-15,19-20,27,42,44H,1,3,16-18,21-22,36H2,2H3,(H,38,41). The summed E-state index contributed by atoms with van der Waals surface area (Å²) in [7, 11) is 0. The molecule has 226 valence electrons. The lowest BCUT2D eigenvalue weighted by Crippen LogP contribution is -2.63. The Bertz CT molecular complexity index is 1730. The maximum absolute atomic E-state index is 11.8. The van der Waals surface area contributed by atoms with E-state index in [4.69, 9.17) is 15.5 Å². The second kappa shape index (κ2) is 11.6. The van der Waals surface area contributed by atoms with Crippen LogP contribution in [0.3, 0.4) is 0 Å². The van der Waals surface area contributed by atoms with Crippen molar-refractivity contribution in [3.8, 4) is 28.5 Å². The molecule has 2 fully saturated rings. The van der Waals surface area contributed by atoms with E-state index in [1.54, 1.807) is 12.1 Å². The number of nitrogens with zero attached hydrogens (tertiary/aromatic N) is 3. The number of aromatic hydroxyl groups is 1. The van der Waals surface area contributed by atoms with Gasteiger partial charge in [0.2, 0.25) is 5.91 Å². The zero-order valence-corrected chi connectivity index (χ0v) is 25.6. The molecule has 3 heterocycles. The maximum Gasteiger partial charge on any atom is 0.231 e. The minimum atomic E-state index is -0.635. The molecule has 4 N–H and O–H groups in total. The van der Waals surface area contributed by atoms with Gasteiger partial charge in [-0.3, -0.25) is 10.2 Å². The molecule has 3 aromatic carbocycles. The van der Waals surface area contributed by atoms with E-state index >= 15 is 0 Å². The molecule has 0 radical (unpaired) electrons. The predicted molar refractivity (Wildman–Crippen MR) is 177 cm³/mol. The number of rotatable bonds is 9. The van der Waals surface area contributed by atoms with Crippen LogP contribution in [0.5, 0.6) is 17.2 Å². The van der Waals surface area contributed by atoms with Gasteiger partial charge in [-0.15, -0.1) is 19.2 Å². The molecule has 1 amide bonds. The van der Waals surface area contributed by atoms with Crippen LogP contribution in [0.4, 0.5) is 0 Å². The summed E-state index contributed by atoms with van der Waals surface area (Å²) in [5.74, 6) is 1.55. The molecule has 44 heavy (non-hydrogen) atoms. The minimum Gasteiger partial charge on any atom is -0.508 e. The predicted octanol–water partition coefficient (Wildman–Crippen LogP) is 5.80. The van der Waals surface area contributed by atoms with Crippen molar-refractivity contribution in [2.75, 3.05) is 13.1 Å². The molecule has 0 spiro atoms. The van der Waals surface area contributed by atoms with Crippen LogP contribution in [-0.2, 0) is 11.2 Å². The van der Waals surface area contributed by atoms with Gasteiger partial charge in [-0.25, -0.2) is 9.99 Å². The largest absolute Gasteiger partial charge is 0.508 e. The summed E-state index contributed by atoms with van der Waals surface area (Å²) >= 11 is 4.65. The fourth-order valence-electron chi connectivity index (χ4n) is 6.56. The molecule has 0 bridgehead atoms. The number of piperidine rings is 1. The molecule has 4 unspecified atom stereocenters. The van der Waals surface area contributed by atoms with Gasteiger partial charge in [0.1, 0.15) is 17.2 Å². The number of fused-ring (bicyclic) bond motifs is 1. The molecule has 8 nitrogen and oxygen atoms in total. The zero-order chi connectivity index (χ0) is 31.1. The highest BCUT2D eigenvalue weighted by molar-refractivity contribution is 7.84. The summed E-state index contributed by atoms with van der Waals surface area (Å²) in [4.78, 5) is 19.0. The number of para-hydroxylation sites is 1. The van der Waals surface area contributed by atoms with Crippen molar-refractivity contribution < 1.29 is 14.6 Å². The highest BCUT2D eigenvalue weighted by Gasteiger charge is 2.64. The summed E-state index contributed by atoms with van der Waals surface area (Å²) in [6.45, 7) is 11.0. The van der Waals surface area contributed by atoms with Gasteiger partial charge in [0.05, 0.1) is 21.8 Å². The van der Waals surface area contributed by atoms with Crippen molar-refractivity contribution in [3.05, 3.63) is 109 Å². The summed E-state index contributed by atoms with van der Waals surface area (Å²) in [5.41, 5.74) is 12.5. The first-order valence-electron chi connectivity index (χ1n) is 14.7. The number of aromatic nitrogens is 1. The topological polar surface area (TPSA) is 104 Å². The number of amides is 1. The molecule has 9 heteroatoms. The Balaban J connectivity index is 1.33. The van der Waals surface area contributed by atoms with Crippen LogP contribution < -0.4 is 15.9 Å². The first-order valence-corrected chi connectivity index (χ1v) is 15.1. The molecule has 1 aromatic heterocycles. The monoisotopic (exact) mass is 607 g/mol. The van der Waals surface area contributed by atoms with Crippen molar-refractivity contribution >= 4 is 29.4 Å². The number of carbonyl (C=O) groups is 1. The number of hydrogen-bond acceptors (Lipinski definition) is 8. The van der Waals surface area contributed by atoms with Crippen LogP contribution in [0.25, 0.3) is 22.2 Å². The molecule has 0 saturated carbocycles. The maximum atomic E-state index is 11.8. The van der Waals surface area contributed by atoms with Gasteiger partial charge < -0.3 is 20.5 Å². The number of benzene rings is 3. The number of nitrogens with two attached hydrogens (primary N) is 1. The number of thiol groups is 1. The van der Waals surface area contributed by atoms with E-state index in [2.05, 4.69) is 42.2 Å². The molecule has 4 atom stereocenters. The van der Waals surface area contributed by atoms with Gasteiger partial charge >= 0.3 is 0 Å².